The molecule has 1 aromatic carbocycles. The van der Waals surface area contributed by atoms with Crippen LogP contribution in [0.5, 0.6) is 0 Å². The number of fused-ring (bicyclic) bond motifs is 1. The zero-order valence-corrected chi connectivity index (χ0v) is 17.0. The first kappa shape index (κ1) is 18.6. The average Bonchev–Trinajstić information content (AvgIpc) is 3.58. The predicted molar refractivity (Wildman–Crippen MR) is 115 cm³/mol. The van der Waals surface area contributed by atoms with Crippen LogP contribution in [0.25, 0.3) is 0 Å². The molecule has 29 heavy (non-hydrogen) atoms. The lowest BCUT2D eigenvalue weighted by Gasteiger charge is -2.47. The van der Waals surface area contributed by atoms with Crippen molar-refractivity contribution in [1.29, 1.82) is 0 Å². The number of nitrogens with zero attached hydrogens (tertiary/aromatic N) is 3. The zero-order chi connectivity index (χ0) is 19.6. The Kier molecular flexibility index (Phi) is 5.23. The van der Waals surface area contributed by atoms with Gasteiger partial charge in [0.2, 0.25) is 0 Å². The Hall–Kier alpha value is -2.40. The molecule has 0 spiro atoms. The summed E-state index contributed by atoms with van der Waals surface area (Å²) in [6.07, 6.45) is 7.70. The lowest BCUT2D eigenvalue weighted by atomic mass is 9.83. The molecule has 3 heterocycles. The first-order valence-electron chi connectivity index (χ1n) is 11.1. The number of amides is 1. The summed E-state index contributed by atoms with van der Waals surface area (Å²) in [6, 6.07) is 15.8. The number of aromatic nitrogens is 1. The van der Waals surface area contributed by atoms with E-state index in [0.29, 0.717) is 23.6 Å². The molecular formula is C24H30N4O. The first-order valence-corrected chi connectivity index (χ1v) is 11.1. The van der Waals surface area contributed by atoms with Crippen LogP contribution in [0.2, 0.25) is 0 Å². The molecule has 0 bridgehead atoms. The van der Waals surface area contributed by atoms with Crippen molar-refractivity contribution in [2.75, 3.05) is 25.0 Å². The highest BCUT2D eigenvalue weighted by Crippen LogP contribution is 2.32. The highest BCUT2D eigenvalue weighted by atomic mass is 16.2. The number of pyridine rings is 1. The van der Waals surface area contributed by atoms with Crippen molar-refractivity contribution in [1.82, 2.24) is 14.8 Å². The van der Waals surface area contributed by atoms with E-state index < -0.39 is 0 Å². The molecule has 5 nitrogen and oxygen atoms in total. The number of likely N-dealkylation sites (tertiary alicyclic amines) is 2. The molecule has 2 atom stereocenters. The Morgan fingerprint density at radius 2 is 1.90 bits per heavy atom. The molecule has 3 aliphatic rings. The highest BCUT2D eigenvalue weighted by molar-refractivity contribution is 5.94. The van der Waals surface area contributed by atoms with Crippen LogP contribution >= 0.6 is 0 Å². The average molecular weight is 391 g/mol. The van der Waals surface area contributed by atoms with Gasteiger partial charge in [-0.05, 0) is 62.3 Å². The number of nitrogens with one attached hydrogen (secondary N) is 1. The number of hydrogen-bond acceptors (Lipinski definition) is 4. The maximum absolute atomic E-state index is 13.0. The number of hydrogen-bond donors (Lipinski definition) is 1. The first-order chi connectivity index (χ1) is 14.3. The van der Waals surface area contributed by atoms with Crippen LogP contribution in [0, 0.1) is 5.92 Å². The standard InChI is InChI=1S/C24H30N4O/c29-24(19-8-11-23(25-15-19)26-21-9-10-21)28-14-12-22-20(17-28)7-4-13-27(22)16-18-5-2-1-3-6-18/h1-3,5-6,8,11,15,20-22H,4,7,9-10,12-14,16-17H2,(H,25,26)/t20-,22-/m1/s1. The van der Waals surface area contributed by atoms with Crippen LogP contribution in [-0.4, -0.2) is 52.4 Å². The Balaban J connectivity index is 1.21. The van der Waals surface area contributed by atoms with Crippen LogP contribution in [0.4, 0.5) is 5.82 Å². The number of anilines is 1. The number of piperidine rings is 2. The summed E-state index contributed by atoms with van der Waals surface area (Å²) in [4.78, 5) is 22.2. The molecule has 5 rings (SSSR count). The SMILES string of the molecule is O=C(c1ccc(NC2CC2)nc1)N1CC[C@@H]2[C@H](CCCN2Cc2ccccc2)C1. The fraction of sp³-hybridized carbons (Fsp3) is 0.500. The summed E-state index contributed by atoms with van der Waals surface area (Å²) in [7, 11) is 0. The summed E-state index contributed by atoms with van der Waals surface area (Å²) >= 11 is 0. The van der Waals surface area contributed by atoms with Crippen LogP contribution in [-0.2, 0) is 6.54 Å². The van der Waals surface area contributed by atoms with Gasteiger partial charge in [-0.2, -0.15) is 0 Å². The predicted octanol–water partition coefficient (Wildman–Crippen LogP) is 3.78. The molecule has 5 heteroatoms. The van der Waals surface area contributed by atoms with Gasteiger partial charge in [-0.3, -0.25) is 9.69 Å². The summed E-state index contributed by atoms with van der Waals surface area (Å²) < 4.78 is 0. The number of carbonyl (C=O) groups excluding carboxylic acids is 1. The van der Waals surface area contributed by atoms with E-state index in [1.807, 2.05) is 12.1 Å². The third kappa shape index (κ3) is 4.30. The van der Waals surface area contributed by atoms with Gasteiger partial charge in [-0.15, -0.1) is 0 Å². The van der Waals surface area contributed by atoms with E-state index in [1.165, 1.54) is 37.8 Å². The second-order valence-electron chi connectivity index (χ2n) is 8.82. The van der Waals surface area contributed by atoms with Crippen LogP contribution in [0.3, 0.4) is 0 Å². The van der Waals surface area contributed by atoms with Crippen molar-refractivity contribution < 1.29 is 4.79 Å². The molecule has 2 aromatic rings. The number of carbonyl (C=O) groups is 1. The molecule has 1 aromatic heterocycles. The van der Waals surface area contributed by atoms with E-state index >= 15 is 0 Å². The van der Waals surface area contributed by atoms with Gasteiger partial charge in [0, 0.05) is 37.9 Å². The minimum Gasteiger partial charge on any atom is -0.367 e. The Labute approximate surface area is 173 Å². The minimum absolute atomic E-state index is 0.133. The van der Waals surface area contributed by atoms with Crippen LogP contribution in [0.1, 0.15) is 48.0 Å². The molecule has 1 amide bonds. The lowest BCUT2D eigenvalue weighted by molar-refractivity contribution is 0.0175. The van der Waals surface area contributed by atoms with Crippen molar-refractivity contribution in [2.45, 2.75) is 50.7 Å². The number of rotatable bonds is 5. The molecule has 1 saturated carbocycles. The summed E-state index contributed by atoms with van der Waals surface area (Å²) in [5.74, 6) is 1.59. The van der Waals surface area contributed by atoms with Gasteiger partial charge in [0.15, 0.2) is 0 Å². The van der Waals surface area contributed by atoms with E-state index in [9.17, 15) is 4.79 Å². The molecule has 2 aliphatic heterocycles. The monoisotopic (exact) mass is 390 g/mol. The van der Waals surface area contributed by atoms with Gasteiger partial charge in [-0.1, -0.05) is 30.3 Å². The molecule has 3 fully saturated rings. The van der Waals surface area contributed by atoms with Crippen molar-refractivity contribution in [3.63, 3.8) is 0 Å². The van der Waals surface area contributed by atoms with Crippen molar-refractivity contribution >= 4 is 11.7 Å². The summed E-state index contributed by atoms with van der Waals surface area (Å²) in [5.41, 5.74) is 2.10. The van der Waals surface area contributed by atoms with Crippen molar-refractivity contribution in [3.8, 4) is 0 Å². The summed E-state index contributed by atoms with van der Waals surface area (Å²) in [6.45, 7) is 3.91. The Bertz CT molecular complexity index is 834. The van der Waals surface area contributed by atoms with Gasteiger partial charge in [0.25, 0.3) is 5.91 Å². The topological polar surface area (TPSA) is 48.5 Å². The van der Waals surface area contributed by atoms with E-state index in [2.05, 4.69) is 50.4 Å². The quantitative estimate of drug-likeness (QED) is 0.844. The van der Waals surface area contributed by atoms with Gasteiger partial charge < -0.3 is 10.2 Å². The van der Waals surface area contributed by atoms with Gasteiger partial charge in [-0.25, -0.2) is 4.98 Å². The smallest absolute Gasteiger partial charge is 0.255 e. The van der Waals surface area contributed by atoms with E-state index in [-0.39, 0.29) is 5.91 Å². The van der Waals surface area contributed by atoms with Crippen LogP contribution < -0.4 is 5.32 Å². The van der Waals surface area contributed by atoms with E-state index in [4.69, 9.17) is 0 Å². The fourth-order valence-corrected chi connectivity index (χ4v) is 4.93. The second kappa shape index (κ2) is 8.15. The molecule has 0 unspecified atom stereocenters. The molecule has 2 saturated heterocycles. The van der Waals surface area contributed by atoms with Gasteiger partial charge in [0.05, 0.1) is 5.56 Å². The highest BCUT2D eigenvalue weighted by Gasteiger charge is 2.37. The normalized spacial score (nSPS) is 24.8. The molecular weight excluding hydrogens is 360 g/mol. The minimum atomic E-state index is 0.133. The van der Waals surface area contributed by atoms with Gasteiger partial charge >= 0.3 is 0 Å². The zero-order valence-electron chi connectivity index (χ0n) is 17.0. The van der Waals surface area contributed by atoms with E-state index in [0.717, 1.165) is 31.9 Å². The van der Waals surface area contributed by atoms with Crippen molar-refractivity contribution in [3.05, 3.63) is 59.8 Å². The lowest BCUT2D eigenvalue weighted by Crippen LogP contribution is -2.54. The second-order valence-corrected chi connectivity index (χ2v) is 8.82. The number of benzene rings is 1. The molecule has 0 radical (unpaired) electrons. The fourth-order valence-electron chi connectivity index (χ4n) is 4.93. The third-order valence-electron chi connectivity index (χ3n) is 6.64. The van der Waals surface area contributed by atoms with Crippen molar-refractivity contribution in [2.24, 2.45) is 5.92 Å². The largest absolute Gasteiger partial charge is 0.367 e. The maximum atomic E-state index is 13.0. The maximum Gasteiger partial charge on any atom is 0.255 e. The summed E-state index contributed by atoms with van der Waals surface area (Å²) in [5, 5.41) is 3.38. The molecule has 152 valence electrons. The Morgan fingerprint density at radius 3 is 2.66 bits per heavy atom. The molecule has 1 aliphatic carbocycles. The molecule has 1 N–H and O–H groups in total. The van der Waals surface area contributed by atoms with Crippen LogP contribution in [0.15, 0.2) is 48.7 Å². The third-order valence-corrected chi connectivity index (χ3v) is 6.64. The Morgan fingerprint density at radius 1 is 1.03 bits per heavy atom. The van der Waals surface area contributed by atoms with Gasteiger partial charge in [0.1, 0.15) is 5.82 Å². The van der Waals surface area contributed by atoms with E-state index in [1.54, 1.807) is 6.20 Å².